The summed E-state index contributed by atoms with van der Waals surface area (Å²) >= 11 is 1.37. The SMILES string of the molecule is CCCc1nnc(NC(=O)[C@H]2CC(=O)N(c3ccc(OC)cc3OC)C2)s1. The molecule has 3 rings (SSSR count). The Labute approximate surface area is 161 Å². The Hall–Kier alpha value is -2.68. The van der Waals surface area contributed by atoms with E-state index in [0.29, 0.717) is 22.3 Å². The number of aryl methyl sites for hydroxylation is 1. The summed E-state index contributed by atoms with van der Waals surface area (Å²) in [6.07, 6.45) is 1.94. The minimum absolute atomic E-state index is 0.123. The zero-order valence-corrected chi connectivity index (χ0v) is 16.3. The van der Waals surface area contributed by atoms with Crippen molar-refractivity contribution in [3.8, 4) is 11.5 Å². The Morgan fingerprint density at radius 1 is 1.33 bits per heavy atom. The summed E-state index contributed by atoms with van der Waals surface area (Å²) in [5, 5.41) is 12.2. The van der Waals surface area contributed by atoms with E-state index in [2.05, 4.69) is 22.4 Å². The fourth-order valence-corrected chi connectivity index (χ4v) is 3.79. The smallest absolute Gasteiger partial charge is 0.231 e. The predicted molar refractivity (Wildman–Crippen MR) is 103 cm³/mol. The number of hydrogen-bond acceptors (Lipinski definition) is 7. The first-order valence-corrected chi connectivity index (χ1v) is 9.53. The topological polar surface area (TPSA) is 93.7 Å². The van der Waals surface area contributed by atoms with Gasteiger partial charge in [-0.3, -0.25) is 9.59 Å². The number of rotatable bonds is 7. The Kier molecular flexibility index (Phi) is 5.90. The molecule has 2 amide bonds. The molecular formula is C18H22N4O4S. The van der Waals surface area contributed by atoms with Crippen LogP contribution in [-0.4, -0.2) is 42.8 Å². The van der Waals surface area contributed by atoms with Crippen molar-refractivity contribution >= 4 is 34.0 Å². The minimum atomic E-state index is -0.456. The van der Waals surface area contributed by atoms with Crippen LogP contribution in [0.1, 0.15) is 24.8 Å². The fraction of sp³-hybridized carbons (Fsp3) is 0.444. The third-order valence-electron chi connectivity index (χ3n) is 4.33. The predicted octanol–water partition coefficient (Wildman–Crippen LogP) is 2.50. The maximum Gasteiger partial charge on any atom is 0.231 e. The van der Waals surface area contributed by atoms with Crippen molar-refractivity contribution in [2.24, 2.45) is 5.92 Å². The number of methoxy groups -OCH3 is 2. The molecule has 0 bridgehead atoms. The molecule has 1 N–H and O–H groups in total. The molecule has 9 heteroatoms. The Bertz CT molecular complexity index is 839. The molecule has 0 radical (unpaired) electrons. The Balaban J connectivity index is 1.70. The van der Waals surface area contributed by atoms with E-state index in [1.165, 1.54) is 18.4 Å². The number of benzene rings is 1. The average Bonchev–Trinajstić information content (AvgIpc) is 3.28. The van der Waals surface area contributed by atoms with E-state index in [1.54, 1.807) is 30.2 Å². The van der Waals surface area contributed by atoms with Crippen LogP contribution in [0.25, 0.3) is 0 Å². The van der Waals surface area contributed by atoms with Gasteiger partial charge in [-0.05, 0) is 18.6 Å². The first-order chi connectivity index (χ1) is 13.0. The molecule has 1 atom stereocenters. The minimum Gasteiger partial charge on any atom is -0.497 e. The largest absolute Gasteiger partial charge is 0.497 e. The lowest BCUT2D eigenvalue weighted by atomic mass is 10.1. The van der Waals surface area contributed by atoms with Crippen molar-refractivity contribution < 1.29 is 19.1 Å². The number of nitrogens with one attached hydrogen (secondary N) is 1. The van der Waals surface area contributed by atoms with Gasteiger partial charge >= 0.3 is 0 Å². The quantitative estimate of drug-likeness (QED) is 0.781. The molecule has 0 aliphatic carbocycles. The van der Waals surface area contributed by atoms with Crippen LogP contribution < -0.4 is 19.7 Å². The lowest BCUT2D eigenvalue weighted by Gasteiger charge is -2.20. The molecule has 2 aromatic rings. The van der Waals surface area contributed by atoms with E-state index in [9.17, 15) is 9.59 Å². The number of anilines is 2. The Morgan fingerprint density at radius 2 is 2.15 bits per heavy atom. The number of aromatic nitrogens is 2. The van der Waals surface area contributed by atoms with Crippen LogP contribution in [0.4, 0.5) is 10.8 Å². The van der Waals surface area contributed by atoms with Crippen molar-refractivity contribution in [2.45, 2.75) is 26.2 Å². The van der Waals surface area contributed by atoms with Crippen molar-refractivity contribution in [1.29, 1.82) is 0 Å². The molecule has 1 fully saturated rings. The monoisotopic (exact) mass is 390 g/mol. The van der Waals surface area contributed by atoms with Gasteiger partial charge in [-0.1, -0.05) is 18.3 Å². The molecule has 27 heavy (non-hydrogen) atoms. The third kappa shape index (κ3) is 4.19. The zero-order valence-electron chi connectivity index (χ0n) is 15.5. The summed E-state index contributed by atoms with van der Waals surface area (Å²) in [7, 11) is 3.10. The summed E-state index contributed by atoms with van der Waals surface area (Å²) in [4.78, 5) is 26.6. The first-order valence-electron chi connectivity index (χ1n) is 8.71. The van der Waals surface area contributed by atoms with Crippen molar-refractivity contribution in [2.75, 3.05) is 31.0 Å². The highest BCUT2D eigenvalue weighted by Crippen LogP contribution is 2.36. The van der Waals surface area contributed by atoms with E-state index >= 15 is 0 Å². The van der Waals surface area contributed by atoms with Crippen LogP contribution in [-0.2, 0) is 16.0 Å². The summed E-state index contributed by atoms with van der Waals surface area (Å²) in [6.45, 7) is 2.35. The molecule has 0 unspecified atom stereocenters. The van der Waals surface area contributed by atoms with Crippen LogP contribution in [0.5, 0.6) is 11.5 Å². The van der Waals surface area contributed by atoms with Crippen LogP contribution in [0, 0.1) is 5.92 Å². The van der Waals surface area contributed by atoms with Gasteiger partial charge in [0.15, 0.2) is 0 Å². The van der Waals surface area contributed by atoms with Gasteiger partial charge in [-0.2, -0.15) is 0 Å². The number of carbonyl (C=O) groups excluding carboxylic acids is 2. The Morgan fingerprint density at radius 3 is 2.85 bits per heavy atom. The molecule has 0 spiro atoms. The fourth-order valence-electron chi connectivity index (χ4n) is 2.95. The normalized spacial score (nSPS) is 16.5. The van der Waals surface area contributed by atoms with Gasteiger partial charge in [0.05, 0.1) is 25.8 Å². The van der Waals surface area contributed by atoms with E-state index in [4.69, 9.17) is 9.47 Å². The standard InChI is InChI=1S/C18H22N4O4S/c1-4-5-15-20-21-18(27-15)19-17(24)11-8-16(23)22(10-11)13-7-6-12(25-2)9-14(13)26-3/h6-7,9,11H,4-5,8,10H2,1-3H3,(H,19,21,24)/t11-/m0/s1. The van der Waals surface area contributed by atoms with Gasteiger partial charge in [-0.15, -0.1) is 10.2 Å². The lowest BCUT2D eigenvalue weighted by molar-refractivity contribution is -0.122. The highest BCUT2D eigenvalue weighted by molar-refractivity contribution is 7.15. The number of amides is 2. The average molecular weight is 390 g/mol. The second kappa shape index (κ2) is 8.34. The van der Waals surface area contributed by atoms with E-state index in [1.807, 2.05) is 0 Å². The molecule has 144 valence electrons. The third-order valence-corrected chi connectivity index (χ3v) is 5.23. The number of ether oxygens (including phenoxy) is 2. The van der Waals surface area contributed by atoms with Crippen molar-refractivity contribution in [1.82, 2.24) is 10.2 Å². The molecular weight excluding hydrogens is 368 g/mol. The van der Waals surface area contributed by atoms with Gasteiger partial charge in [0.2, 0.25) is 16.9 Å². The van der Waals surface area contributed by atoms with Gasteiger partial charge in [0.1, 0.15) is 16.5 Å². The van der Waals surface area contributed by atoms with Crippen molar-refractivity contribution in [3.05, 3.63) is 23.2 Å². The summed E-state index contributed by atoms with van der Waals surface area (Å²) < 4.78 is 10.6. The van der Waals surface area contributed by atoms with E-state index in [-0.39, 0.29) is 24.8 Å². The molecule has 8 nitrogen and oxygen atoms in total. The van der Waals surface area contributed by atoms with Crippen LogP contribution in [0.15, 0.2) is 18.2 Å². The zero-order chi connectivity index (χ0) is 19.4. The maximum absolute atomic E-state index is 12.6. The molecule has 1 aromatic carbocycles. The van der Waals surface area contributed by atoms with Gasteiger partial charge in [-0.25, -0.2) is 0 Å². The highest BCUT2D eigenvalue weighted by Gasteiger charge is 2.36. The molecule has 1 aliphatic rings. The highest BCUT2D eigenvalue weighted by atomic mass is 32.1. The van der Waals surface area contributed by atoms with Crippen LogP contribution in [0.3, 0.4) is 0 Å². The van der Waals surface area contributed by atoms with Gasteiger partial charge in [0, 0.05) is 25.5 Å². The summed E-state index contributed by atoms with van der Waals surface area (Å²) in [6, 6.07) is 5.24. The van der Waals surface area contributed by atoms with Gasteiger partial charge < -0.3 is 19.7 Å². The molecule has 1 aliphatic heterocycles. The molecule has 2 heterocycles. The summed E-state index contributed by atoms with van der Waals surface area (Å²) in [5.74, 6) is 0.357. The molecule has 0 saturated carbocycles. The van der Waals surface area contributed by atoms with Crippen molar-refractivity contribution in [3.63, 3.8) is 0 Å². The second-order valence-electron chi connectivity index (χ2n) is 6.18. The second-order valence-corrected chi connectivity index (χ2v) is 7.25. The number of nitrogens with zero attached hydrogens (tertiary/aromatic N) is 3. The van der Waals surface area contributed by atoms with E-state index in [0.717, 1.165) is 17.8 Å². The maximum atomic E-state index is 12.6. The number of hydrogen-bond donors (Lipinski definition) is 1. The first kappa shape index (κ1) is 19.1. The molecule has 1 saturated heterocycles. The number of carbonyl (C=O) groups is 2. The van der Waals surface area contributed by atoms with Crippen LogP contribution in [0.2, 0.25) is 0 Å². The summed E-state index contributed by atoms with van der Waals surface area (Å²) in [5.41, 5.74) is 0.625. The lowest BCUT2D eigenvalue weighted by Crippen LogP contribution is -2.28. The molecule has 1 aromatic heterocycles. The van der Waals surface area contributed by atoms with Crippen LogP contribution >= 0.6 is 11.3 Å². The van der Waals surface area contributed by atoms with E-state index < -0.39 is 5.92 Å². The van der Waals surface area contributed by atoms with Gasteiger partial charge in [0.25, 0.3) is 0 Å².